The second-order valence-electron chi connectivity index (χ2n) is 2.91. The summed E-state index contributed by atoms with van der Waals surface area (Å²) < 4.78 is 0. The maximum atomic E-state index is 10.9. The van der Waals surface area contributed by atoms with Gasteiger partial charge in [-0.15, -0.1) is 0 Å². The van der Waals surface area contributed by atoms with Crippen molar-refractivity contribution in [3.05, 3.63) is 29.8 Å². The number of benzene rings is 1. The van der Waals surface area contributed by atoms with Crippen LogP contribution in [0.3, 0.4) is 0 Å². The van der Waals surface area contributed by atoms with Crippen LogP contribution < -0.4 is 10.6 Å². The van der Waals surface area contributed by atoms with Crippen molar-refractivity contribution in [1.82, 2.24) is 5.32 Å². The van der Waals surface area contributed by atoms with E-state index in [9.17, 15) is 9.59 Å². The van der Waals surface area contributed by atoms with Crippen molar-refractivity contribution in [2.75, 3.05) is 18.9 Å². The monoisotopic (exact) mass is 208 g/mol. The van der Waals surface area contributed by atoms with Gasteiger partial charge in [0.2, 0.25) is 5.91 Å². The molecule has 5 nitrogen and oxygen atoms in total. The summed E-state index contributed by atoms with van der Waals surface area (Å²) in [5.41, 5.74) is 0.934. The second-order valence-corrected chi connectivity index (χ2v) is 2.91. The molecule has 0 unspecified atom stereocenters. The summed E-state index contributed by atoms with van der Waals surface area (Å²) in [5, 5.41) is 14.0. The van der Waals surface area contributed by atoms with Gasteiger partial charge in [0.15, 0.2) is 0 Å². The van der Waals surface area contributed by atoms with Crippen LogP contribution in [0, 0.1) is 0 Å². The van der Waals surface area contributed by atoms with Crippen LogP contribution in [0.2, 0.25) is 0 Å². The van der Waals surface area contributed by atoms with E-state index in [1.54, 1.807) is 19.2 Å². The highest BCUT2D eigenvalue weighted by Gasteiger charge is 2.02. The molecule has 0 aliphatic carbocycles. The smallest absolute Gasteiger partial charge is 0.335 e. The molecule has 0 saturated carbocycles. The highest BCUT2D eigenvalue weighted by molar-refractivity contribution is 5.88. The molecule has 0 spiro atoms. The Morgan fingerprint density at radius 2 is 1.87 bits per heavy atom. The van der Waals surface area contributed by atoms with Crippen molar-refractivity contribution in [2.45, 2.75) is 0 Å². The Labute approximate surface area is 87.1 Å². The zero-order chi connectivity index (χ0) is 11.3. The van der Waals surface area contributed by atoms with Crippen molar-refractivity contribution in [3.63, 3.8) is 0 Å². The van der Waals surface area contributed by atoms with Gasteiger partial charge < -0.3 is 15.7 Å². The van der Waals surface area contributed by atoms with Crippen LogP contribution >= 0.6 is 0 Å². The Balaban J connectivity index is 2.57. The lowest BCUT2D eigenvalue weighted by Crippen LogP contribution is -2.26. The van der Waals surface area contributed by atoms with Crippen LogP contribution in [-0.2, 0) is 4.79 Å². The Bertz CT molecular complexity index is 359. The van der Waals surface area contributed by atoms with Crippen molar-refractivity contribution in [2.24, 2.45) is 0 Å². The van der Waals surface area contributed by atoms with Gasteiger partial charge in [-0.2, -0.15) is 0 Å². The fraction of sp³-hybridized carbons (Fsp3) is 0.200. The lowest BCUT2D eigenvalue weighted by atomic mass is 10.2. The van der Waals surface area contributed by atoms with E-state index in [1.165, 1.54) is 12.1 Å². The van der Waals surface area contributed by atoms with E-state index >= 15 is 0 Å². The molecule has 0 atom stereocenters. The molecule has 0 saturated heterocycles. The van der Waals surface area contributed by atoms with Crippen LogP contribution in [0.5, 0.6) is 0 Å². The zero-order valence-electron chi connectivity index (χ0n) is 8.28. The first-order valence-corrected chi connectivity index (χ1v) is 4.41. The van der Waals surface area contributed by atoms with E-state index in [0.29, 0.717) is 5.69 Å². The predicted molar refractivity (Wildman–Crippen MR) is 56.0 cm³/mol. The third kappa shape index (κ3) is 3.30. The molecule has 0 aliphatic heterocycles. The average molecular weight is 208 g/mol. The van der Waals surface area contributed by atoms with Gasteiger partial charge in [0.05, 0.1) is 12.1 Å². The number of amides is 1. The lowest BCUT2D eigenvalue weighted by molar-refractivity contribution is -0.118. The highest BCUT2D eigenvalue weighted by atomic mass is 16.4. The number of carbonyl (C=O) groups excluding carboxylic acids is 1. The molecule has 0 heterocycles. The highest BCUT2D eigenvalue weighted by Crippen LogP contribution is 2.08. The van der Waals surface area contributed by atoms with Crippen LogP contribution in [0.1, 0.15) is 10.4 Å². The quantitative estimate of drug-likeness (QED) is 0.675. The summed E-state index contributed by atoms with van der Waals surface area (Å²) in [6.45, 7) is 0.170. The third-order valence-electron chi connectivity index (χ3n) is 1.86. The standard InChI is InChI=1S/C10H12N2O3/c1-11-9(13)6-12-8-4-2-7(3-5-8)10(14)15/h2-5,12H,6H2,1H3,(H,11,13)(H,14,15). The van der Waals surface area contributed by atoms with Crippen molar-refractivity contribution in [3.8, 4) is 0 Å². The van der Waals surface area contributed by atoms with Gasteiger partial charge >= 0.3 is 5.97 Å². The summed E-state index contributed by atoms with van der Waals surface area (Å²) in [6.07, 6.45) is 0. The van der Waals surface area contributed by atoms with E-state index in [4.69, 9.17) is 5.11 Å². The lowest BCUT2D eigenvalue weighted by Gasteiger charge is -2.05. The zero-order valence-corrected chi connectivity index (χ0v) is 8.28. The maximum absolute atomic E-state index is 10.9. The van der Waals surface area contributed by atoms with Crippen LogP contribution in [0.4, 0.5) is 5.69 Å². The molecule has 3 N–H and O–H groups in total. The largest absolute Gasteiger partial charge is 0.478 e. The molecule has 80 valence electrons. The first kappa shape index (κ1) is 11.0. The number of aromatic carboxylic acids is 1. The van der Waals surface area contributed by atoms with Crippen molar-refractivity contribution < 1.29 is 14.7 Å². The molecule has 0 aliphatic rings. The van der Waals surface area contributed by atoms with Gasteiger partial charge in [-0.3, -0.25) is 4.79 Å². The molecular weight excluding hydrogens is 196 g/mol. The van der Waals surface area contributed by atoms with E-state index in [2.05, 4.69) is 10.6 Å². The Kier molecular flexibility index (Phi) is 3.68. The fourth-order valence-corrected chi connectivity index (χ4v) is 1.00. The first-order valence-electron chi connectivity index (χ1n) is 4.41. The molecule has 1 amide bonds. The topological polar surface area (TPSA) is 78.4 Å². The summed E-state index contributed by atoms with van der Waals surface area (Å²) in [6, 6.07) is 6.20. The Hall–Kier alpha value is -2.04. The number of carboxylic acids is 1. The van der Waals surface area contributed by atoms with Crippen molar-refractivity contribution >= 4 is 17.6 Å². The van der Waals surface area contributed by atoms with Crippen LogP contribution in [0.25, 0.3) is 0 Å². The number of rotatable bonds is 4. The van der Waals surface area contributed by atoms with Gasteiger partial charge in [0.25, 0.3) is 0 Å². The number of carboxylic acid groups (broad SMARTS) is 1. The van der Waals surface area contributed by atoms with Crippen LogP contribution in [0.15, 0.2) is 24.3 Å². The number of carbonyl (C=O) groups is 2. The summed E-state index contributed by atoms with van der Waals surface area (Å²) >= 11 is 0. The maximum Gasteiger partial charge on any atom is 0.335 e. The summed E-state index contributed by atoms with van der Waals surface area (Å²) in [7, 11) is 1.55. The predicted octanol–water partition coefficient (Wildman–Crippen LogP) is 0.543. The van der Waals surface area contributed by atoms with Gasteiger partial charge in [0.1, 0.15) is 0 Å². The number of hydrogen-bond donors (Lipinski definition) is 3. The molecular formula is C10H12N2O3. The molecule has 0 fully saturated rings. The number of anilines is 1. The van der Waals surface area contributed by atoms with Gasteiger partial charge in [-0.1, -0.05) is 0 Å². The van der Waals surface area contributed by atoms with Crippen LogP contribution in [-0.4, -0.2) is 30.6 Å². The van der Waals surface area contributed by atoms with Gasteiger partial charge in [-0.25, -0.2) is 4.79 Å². The minimum Gasteiger partial charge on any atom is -0.478 e. The molecule has 1 aromatic carbocycles. The Morgan fingerprint density at radius 3 is 2.33 bits per heavy atom. The summed E-state index contributed by atoms with van der Waals surface area (Å²) in [5.74, 6) is -1.09. The number of nitrogens with one attached hydrogen (secondary N) is 2. The molecule has 0 aromatic heterocycles. The molecule has 1 rings (SSSR count). The second kappa shape index (κ2) is 4.99. The minimum absolute atomic E-state index is 0.127. The first-order chi connectivity index (χ1) is 7.13. The third-order valence-corrected chi connectivity index (χ3v) is 1.86. The molecule has 1 aromatic rings. The fourth-order valence-electron chi connectivity index (χ4n) is 1.00. The van der Waals surface area contributed by atoms with Crippen molar-refractivity contribution in [1.29, 1.82) is 0 Å². The summed E-state index contributed by atoms with van der Waals surface area (Å²) in [4.78, 5) is 21.4. The van der Waals surface area contributed by atoms with E-state index in [0.717, 1.165) is 0 Å². The number of likely N-dealkylation sites (N-methyl/N-ethyl adjacent to an activating group) is 1. The van der Waals surface area contributed by atoms with Gasteiger partial charge in [-0.05, 0) is 24.3 Å². The molecule has 15 heavy (non-hydrogen) atoms. The molecule has 0 bridgehead atoms. The molecule has 5 heteroatoms. The average Bonchev–Trinajstić information content (AvgIpc) is 2.26. The van der Waals surface area contributed by atoms with E-state index in [-0.39, 0.29) is 18.0 Å². The van der Waals surface area contributed by atoms with E-state index < -0.39 is 5.97 Å². The minimum atomic E-state index is -0.965. The number of hydrogen-bond acceptors (Lipinski definition) is 3. The SMILES string of the molecule is CNC(=O)CNc1ccc(C(=O)O)cc1. The van der Waals surface area contributed by atoms with Gasteiger partial charge in [0, 0.05) is 12.7 Å². The van der Waals surface area contributed by atoms with E-state index in [1.807, 2.05) is 0 Å². The molecule has 0 radical (unpaired) electrons. The normalized spacial score (nSPS) is 9.40. The Morgan fingerprint density at radius 1 is 1.27 bits per heavy atom.